The molecular weight excluding hydrogens is 318 g/mol. The fourth-order valence-electron chi connectivity index (χ4n) is 3.03. The normalized spacial score (nSPS) is 32.3. The average Bonchev–Trinajstić information content (AvgIpc) is 3.15. The number of nitrogens with zero attached hydrogens (tertiary/aromatic N) is 1. The van der Waals surface area contributed by atoms with E-state index in [2.05, 4.69) is 4.98 Å². The number of hydrogen-bond acceptors (Lipinski definition) is 7. The van der Waals surface area contributed by atoms with E-state index < -0.39 is 12.1 Å². The van der Waals surface area contributed by atoms with Crippen LogP contribution in [0, 0.1) is 0 Å². The van der Waals surface area contributed by atoms with Crippen LogP contribution in [0.25, 0.3) is 10.2 Å². The number of methoxy groups -OCH3 is 1. The topological polar surface area (TPSA) is 59.0 Å². The Bertz CT molecular complexity index is 670. The quantitative estimate of drug-likeness (QED) is 0.855. The highest BCUT2D eigenvalue weighted by molar-refractivity contribution is 7.20. The lowest BCUT2D eigenvalue weighted by Gasteiger charge is -2.23. The summed E-state index contributed by atoms with van der Waals surface area (Å²) >= 11 is 1.52. The van der Waals surface area contributed by atoms with Gasteiger partial charge in [0.05, 0.1) is 10.2 Å². The first-order valence-electron chi connectivity index (χ1n) is 7.58. The summed E-state index contributed by atoms with van der Waals surface area (Å²) in [5.74, 6) is -0.635. The maximum Gasteiger partial charge on any atom is 0.274 e. The maximum absolute atomic E-state index is 5.94. The van der Waals surface area contributed by atoms with E-state index in [1.807, 2.05) is 38.1 Å². The summed E-state index contributed by atoms with van der Waals surface area (Å²) in [5, 5.41) is 0.630. The largest absolute Gasteiger partial charge is 0.467 e. The van der Waals surface area contributed by atoms with Gasteiger partial charge in [0.2, 0.25) is 0 Å². The van der Waals surface area contributed by atoms with Crippen LogP contribution in [-0.2, 0) is 18.9 Å². The third-order valence-electron chi connectivity index (χ3n) is 3.98. The lowest BCUT2D eigenvalue weighted by molar-refractivity contribution is -0.229. The van der Waals surface area contributed by atoms with Crippen LogP contribution in [0.15, 0.2) is 24.3 Å². The highest BCUT2D eigenvalue weighted by Gasteiger charge is 2.55. The van der Waals surface area contributed by atoms with Gasteiger partial charge in [0.1, 0.15) is 24.9 Å². The Labute approximate surface area is 138 Å². The molecule has 0 radical (unpaired) electrons. The molecule has 0 aliphatic carbocycles. The number of hydrogen-bond donors (Lipinski definition) is 0. The summed E-state index contributed by atoms with van der Waals surface area (Å²) in [6.07, 6.45) is -1.13. The Morgan fingerprint density at radius 1 is 1.22 bits per heavy atom. The molecule has 7 heteroatoms. The maximum atomic E-state index is 5.94. The molecule has 0 spiro atoms. The van der Waals surface area contributed by atoms with Crippen molar-refractivity contribution in [1.82, 2.24) is 4.98 Å². The number of rotatable bonds is 4. The molecule has 6 nitrogen and oxygen atoms in total. The van der Waals surface area contributed by atoms with Gasteiger partial charge >= 0.3 is 0 Å². The molecule has 2 fully saturated rings. The van der Waals surface area contributed by atoms with E-state index in [0.717, 1.165) is 10.2 Å². The molecule has 2 aliphatic rings. The smallest absolute Gasteiger partial charge is 0.274 e. The van der Waals surface area contributed by atoms with Gasteiger partial charge in [0.25, 0.3) is 5.19 Å². The third-order valence-corrected chi connectivity index (χ3v) is 4.93. The van der Waals surface area contributed by atoms with E-state index in [1.165, 1.54) is 11.3 Å². The van der Waals surface area contributed by atoms with Crippen LogP contribution in [0.2, 0.25) is 0 Å². The van der Waals surface area contributed by atoms with Crippen LogP contribution in [0.4, 0.5) is 0 Å². The zero-order chi connectivity index (χ0) is 16.0. The van der Waals surface area contributed by atoms with Crippen LogP contribution in [-0.4, -0.2) is 49.1 Å². The SMILES string of the molecule is CO[C@@H]1O[C@H](COc2nc3ccccc3s2)[C@@H]2OC(C)(C)O[C@@H]12. The number of para-hydroxylation sites is 1. The lowest BCUT2D eigenvalue weighted by atomic mass is 10.1. The van der Waals surface area contributed by atoms with Gasteiger partial charge in [-0.1, -0.05) is 23.5 Å². The van der Waals surface area contributed by atoms with E-state index in [9.17, 15) is 0 Å². The monoisotopic (exact) mass is 337 g/mol. The zero-order valence-corrected chi connectivity index (χ0v) is 14.0. The molecule has 1 aromatic carbocycles. The van der Waals surface area contributed by atoms with Crippen molar-refractivity contribution in [3.05, 3.63) is 24.3 Å². The molecular formula is C16H19NO5S. The standard InChI is InChI=1S/C16H19NO5S/c1-16(2)21-12-10(20-14(18-3)13(12)22-16)8-19-15-17-9-6-4-5-7-11(9)23-15/h4-7,10,12-14H,8H2,1-3H3/t10-,12+,13-,14-/m1/s1. The summed E-state index contributed by atoms with van der Waals surface area (Å²) in [7, 11) is 1.60. The van der Waals surface area contributed by atoms with Crippen LogP contribution in [0.3, 0.4) is 0 Å². The first kappa shape index (κ1) is 15.3. The molecule has 2 aliphatic heterocycles. The minimum atomic E-state index is -0.635. The van der Waals surface area contributed by atoms with Crippen molar-refractivity contribution in [2.75, 3.05) is 13.7 Å². The van der Waals surface area contributed by atoms with Gasteiger partial charge in [-0.05, 0) is 26.0 Å². The second-order valence-corrected chi connectivity index (χ2v) is 7.10. The minimum Gasteiger partial charge on any atom is -0.467 e. The summed E-state index contributed by atoms with van der Waals surface area (Å²) < 4.78 is 29.9. The van der Waals surface area contributed by atoms with Gasteiger partial charge in [-0.2, -0.15) is 0 Å². The molecule has 1 aromatic heterocycles. The molecule has 0 saturated carbocycles. The highest BCUT2D eigenvalue weighted by Crippen LogP contribution is 2.39. The van der Waals surface area contributed by atoms with Gasteiger partial charge in [-0.3, -0.25) is 0 Å². The molecule has 0 unspecified atom stereocenters. The summed E-state index contributed by atoms with van der Waals surface area (Å²) in [5.41, 5.74) is 0.939. The van der Waals surface area contributed by atoms with Crippen molar-refractivity contribution in [3.8, 4) is 5.19 Å². The van der Waals surface area contributed by atoms with E-state index in [0.29, 0.717) is 11.8 Å². The van der Waals surface area contributed by atoms with Crippen LogP contribution in [0.5, 0.6) is 5.19 Å². The van der Waals surface area contributed by atoms with Gasteiger partial charge in [0, 0.05) is 7.11 Å². The molecule has 3 heterocycles. The van der Waals surface area contributed by atoms with Crippen LogP contribution >= 0.6 is 11.3 Å². The fraction of sp³-hybridized carbons (Fsp3) is 0.562. The Morgan fingerprint density at radius 2 is 2.00 bits per heavy atom. The number of ether oxygens (including phenoxy) is 5. The molecule has 0 bridgehead atoms. The molecule has 23 heavy (non-hydrogen) atoms. The highest BCUT2D eigenvalue weighted by atomic mass is 32.1. The van der Waals surface area contributed by atoms with Gasteiger partial charge in [-0.25, -0.2) is 4.98 Å². The Morgan fingerprint density at radius 3 is 2.78 bits per heavy atom. The van der Waals surface area contributed by atoms with Crippen molar-refractivity contribution >= 4 is 21.6 Å². The second-order valence-electron chi connectivity index (χ2n) is 6.10. The number of aromatic nitrogens is 1. The first-order valence-corrected chi connectivity index (χ1v) is 8.40. The predicted molar refractivity (Wildman–Crippen MR) is 84.6 cm³/mol. The zero-order valence-electron chi connectivity index (χ0n) is 13.2. The van der Waals surface area contributed by atoms with Crippen molar-refractivity contribution in [1.29, 1.82) is 0 Å². The van der Waals surface area contributed by atoms with Crippen molar-refractivity contribution in [2.45, 2.75) is 44.2 Å². The number of benzene rings is 1. The molecule has 2 saturated heterocycles. The fourth-order valence-corrected chi connectivity index (χ4v) is 3.86. The predicted octanol–water partition coefficient (Wildman–Crippen LogP) is 2.57. The lowest BCUT2D eigenvalue weighted by Crippen LogP contribution is -2.33. The number of fused-ring (bicyclic) bond motifs is 2. The summed E-state index contributed by atoms with van der Waals surface area (Å²) in [4.78, 5) is 4.46. The minimum absolute atomic E-state index is 0.204. The van der Waals surface area contributed by atoms with Gasteiger partial charge in [0.15, 0.2) is 12.1 Å². The van der Waals surface area contributed by atoms with E-state index >= 15 is 0 Å². The van der Waals surface area contributed by atoms with E-state index in [1.54, 1.807) is 7.11 Å². The molecule has 0 amide bonds. The molecule has 2 aromatic rings. The van der Waals surface area contributed by atoms with Crippen LogP contribution < -0.4 is 4.74 Å². The second kappa shape index (κ2) is 5.68. The molecule has 124 valence electrons. The van der Waals surface area contributed by atoms with Gasteiger partial charge < -0.3 is 23.7 Å². The van der Waals surface area contributed by atoms with E-state index in [-0.39, 0.29) is 18.3 Å². The molecule has 4 rings (SSSR count). The average molecular weight is 337 g/mol. The summed E-state index contributed by atoms with van der Waals surface area (Å²) in [6, 6.07) is 7.95. The van der Waals surface area contributed by atoms with Crippen molar-refractivity contribution in [2.24, 2.45) is 0 Å². The van der Waals surface area contributed by atoms with Crippen molar-refractivity contribution < 1.29 is 23.7 Å². The van der Waals surface area contributed by atoms with Gasteiger partial charge in [-0.15, -0.1) is 0 Å². The first-order chi connectivity index (χ1) is 11.1. The van der Waals surface area contributed by atoms with E-state index in [4.69, 9.17) is 23.7 Å². The molecule has 0 N–H and O–H groups in total. The Hall–Kier alpha value is -1.25. The van der Waals surface area contributed by atoms with Crippen molar-refractivity contribution in [3.63, 3.8) is 0 Å². The molecule has 4 atom stereocenters. The summed E-state index contributed by atoms with van der Waals surface area (Å²) in [6.45, 7) is 4.13. The number of thiazole rings is 1. The Kier molecular flexibility index (Phi) is 3.78. The Balaban J connectivity index is 1.46. The van der Waals surface area contributed by atoms with Crippen LogP contribution in [0.1, 0.15) is 13.8 Å². The third kappa shape index (κ3) is 2.83.